The van der Waals surface area contributed by atoms with E-state index in [0.29, 0.717) is 5.69 Å². The van der Waals surface area contributed by atoms with Gasteiger partial charge in [0.05, 0.1) is 5.69 Å². The molecule has 0 radical (unpaired) electrons. The third-order valence-electron chi connectivity index (χ3n) is 2.63. The van der Waals surface area contributed by atoms with E-state index < -0.39 is 0 Å². The maximum absolute atomic E-state index is 11.6. The van der Waals surface area contributed by atoms with E-state index >= 15 is 0 Å². The zero-order valence-electron chi connectivity index (χ0n) is 9.55. The number of amides is 2. The molecule has 2 amide bonds. The Balaban J connectivity index is 2.26. The van der Waals surface area contributed by atoms with Crippen molar-refractivity contribution in [1.29, 1.82) is 0 Å². The Labute approximate surface area is 99.2 Å². The molecule has 1 heterocycles. The second-order valence-corrected chi connectivity index (χ2v) is 4.00. The predicted molar refractivity (Wildman–Crippen MR) is 62.4 cm³/mol. The van der Waals surface area contributed by atoms with Crippen LogP contribution in [0.5, 0.6) is 0 Å². The summed E-state index contributed by atoms with van der Waals surface area (Å²) in [5.41, 5.74) is 7.25. The largest absolute Gasteiger partial charge is 0.362 e. The van der Waals surface area contributed by atoms with Gasteiger partial charge < -0.3 is 10.5 Å². The number of anilines is 1. The van der Waals surface area contributed by atoms with Gasteiger partial charge in [-0.3, -0.25) is 9.59 Å². The standard InChI is InChI=1S/C12H14N2O3/c1-8(13)9-2-4-10(5-3-9)14-11(15)6-17-7-12(14)16/h2-5,8H,6-7,13H2,1H3. The van der Waals surface area contributed by atoms with Crippen molar-refractivity contribution < 1.29 is 14.3 Å². The van der Waals surface area contributed by atoms with Crippen molar-refractivity contribution in [2.75, 3.05) is 18.1 Å². The van der Waals surface area contributed by atoms with Crippen molar-refractivity contribution in [3.8, 4) is 0 Å². The van der Waals surface area contributed by atoms with Gasteiger partial charge in [0.15, 0.2) is 0 Å². The fourth-order valence-electron chi connectivity index (χ4n) is 1.71. The Morgan fingerprint density at radius 1 is 1.18 bits per heavy atom. The number of rotatable bonds is 2. The highest BCUT2D eigenvalue weighted by Gasteiger charge is 2.27. The molecule has 1 aromatic rings. The van der Waals surface area contributed by atoms with Crippen LogP contribution in [0.3, 0.4) is 0 Å². The second kappa shape index (κ2) is 4.65. The molecule has 0 aliphatic carbocycles. The first-order valence-electron chi connectivity index (χ1n) is 5.38. The fourth-order valence-corrected chi connectivity index (χ4v) is 1.71. The molecule has 90 valence electrons. The summed E-state index contributed by atoms with van der Waals surface area (Å²) in [6.45, 7) is 1.77. The monoisotopic (exact) mass is 234 g/mol. The number of ether oxygens (including phenoxy) is 1. The summed E-state index contributed by atoms with van der Waals surface area (Å²) in [4.78, 5) is 24.3. The first kappa shape index (κ1) is 11.8. The SMILES string of the molecule is CC(N)c1ccc(N2C(=O)COCC2=O)cc1. The number of hydrogen-bond donors (Lipinski definition) is 1. The molecule has 5 nitrogen and oxygen atoms in total. The summed E-state index contributed by atoms with van der Waals surface area (Å²) >= 11 is 0. The van der Waals surface area contributed by atoms with Gasteiger partial charge in [0.2, 0.25) is 0 Å². The van der Waals surface area contributed by atoms with Crippen LogP contribution in [-0.2, 0) is 14.3 Å². The van der Waals surface area contributed by atoms with Gasteiger partial charge in [-0.1, -0.05) is 12.1 Å². The van der Waals surface area contributed by atoms with Crippen molar-refractivity contribution in [1.82, 2.24) is 0 Å². The van der Waals surface area contributed by atoms with Crippen LogP contribution in [0.15, 0.2) is 24.3 Å². The predicted octanol–water partition coefficient (Wildman–Crippen LogP) is 0.596. The summed E-state index contributed by atoms with van der Waals surface area (Å²) in [5, 5.41) is 0. The minimum absolute atomic E-state index is 0.0548. The number of benzene rings is 1. The van der Waals surface area contributed by atoms with Crippen LogP contribution >= 0.6 is 0 Å². The normalized spacial score (nSPS) is 18.4. The molecular formula is C12H14N2O3. The number of carbonyl (C=O) groups is 2. The highest BCUT2D eigenvalue weighted by Crippen LogP contribution is 2.20. The first-order valence-corrected chi connectivity index (χ1v) is 5.38. The summed E-state index contributed by atoms with van der Waals surface area (Å²) in [6.07, 6.45) is 0. The molecule has 2 rings (SSSR count). The van der Waals surface area contributed by atoms with Gasteiger partial charge in [-0.2, -0.15) is 0 Å². The number of hydrogen-bond acceptors (Lipinski definition) is 4. The maximum atomic E-state index is 11.6. The topological polar surface area (TPSA) is 72.6 Å². The third kappa shape index (κ3) is 2.35. The molecule has 1 aliphatic heterocycles. The zero-order chi connectivity index (χ0) is 12.4. The lowest BCUT2D eigenvalue weighted by Gasteiger charge is -2.25. The summed E-state index contributed by atoms with van der Waals surface area (Å²) < 4.78 is 4.85. The van der Waals surface area contributed by atoms with Gasteiger partial charge in [-0.15, -0.1) is 0 Å². The number of nitrogens with zero attached hydrogens (tertiary/aromatic N) is 1. The van der Waals surface area contributed by atoms with E-state index in [-0.39, 0.29) is 31.1 Å². The van der Waals surface area contributed by atoms with Gasteiger partial charge in [0.1, 0.15) is 13.2 Å². The van der Waals surface area contributed by atoms with E-state index in [2.05, 4.69) is 0 Å². The molecule has 0 spiro atoms. The van der Waals surface area contributed by atoms with Crippen molar-refractivity contribution in [2.24, 2.45) is 5.73 Å². The van der Waals surface area contributed by atoms with Crippen LogP contribution in [0, 0.1) is 0 Å². The minimum atomic E-state index is -0.338. The van der Waals surface area contributed by atoms with Crippen LogP contribution in [0.2, 0.25) is 0 Å². The molecule has 1 aromatic carbocycles. The number of carbonyl (C=O) groups excluding carboxylic acids is 2. The second-order valence-electron chi connectivity index (χ2n) is 4.00. The van der Waals surface area contributed by atoms with Crippen LogP contribution in [0.1, 0.15) is 18.5 Å². The zero-order valence-corrected chi connectivity index (χ0v) is 9.55. The quantitative estimate of drug-likeness (QED) is 0.760. The molecular weight excluding hydrogens is 220 g/mol. The molecule has 17 heavy (non-hydrogen) atoms. The van der Waals surface area contributed by atoms with Crippen LogP contribution in [-0.4, -0.2) is 25.0 Å². The average Bonchev–Trinajstić information content (AvgIpc) is 2.29. The van der Waals surface area contributed by atoms with E-state index in [9.17, 15) is 9.59 Å². The molecule has 1 saturated heterocycles. The highest BCUT2D eigenvalue weighted by atomic mass is 16.5. The van der Waals surface area contributed by atoms with Crippen molar-refractivity contribution in [2.45, 2.75) is 13.0 Å². The minimum Gasteiger partial charge on any atom is -0.362 e. The molecule has 0 saturated carbocycles. The van der Waals surface area contributed by atoms with Crippen LogP contribution < -0.4 is 10.6 Å². The number of imide groups is 1. The Morgan fingerprint density at radius 3 is 2.18 bits per heavy atom. The highest BCUT2D eigenvalue weighted by molar-refractivity contribution is 6.16. The Morgan fingerprint density at radius 2 is 1.71 bits per heavy atom. The van der Waals surface area contributed by atoms with Crippen LogP contribution in [0.4, 0.5) is 5.69 Å². The van der Waals surface area contributed by atoms with E-state index in [1.165, 1.54) is 0 Å². The van der Waals surface area contributed by atoms with E-state index in [4.69, 9.17) is 10.5 Å². The first-order chi connectivity index (χ1) is 8.09. The summed E-state index contributed by atoms with van der Waals surface area (Å²) in [6, 6.07) is 7.01. The van der Waals surface area contributed by atoms with Crippen LogP contribution in [0.25, 0.3) is 0 Å². The molecule has 1 unspecified atom stereocenters. The van der Waals surface area contributed by atoms with Crippen molar-refractivity contribution >= 4 is 17.5 Å². The van der Waals surface area contributed by atoms with Gasteiger partial charge in [-0.25, -0.2) is 4.90 Å². The van der Waals surface area contributed by atoms with Gasteiger partial charge in [0, 0.05) is 6.04 Å². The Kier molecular flexibility index (Phi) is 3.21. The molecule has 0 bridgehead atoms. The maximum Gasteiger partial charge on any atom is 0.259 e. The Hall–Kier alpha value is -1.72. The third-order valence-corrected chi connectivity index (χ3v) is 2.63. The summed E-state index contributed by atoms with van der Waals surface area (Å²) in [7, 11) is 0. The number of morpholine rings is 1. The molecule has 1 atom stereocenters. The lowest BCUT2D eigenvalue weighted by molar-refractivity contribution is -0.138. The smallest absolute Gasteiger partial charge is 0.259 e. The molecule has 1 fully saturated rings. The van der Waals surface area contributed by atoms with Crippen molar-refractivity contribution in [3.63, 3.8) is 0 Å². The molecule has 5 heteroatoms. The van der Waals surface area contributed by atoms with Gasteiger partial charge in [0.25, 0.3) is 11.8 Å². The molecule has 0 aromatic heterocycles. The van der Waals surface area contributed by atoms with Crippen molar-refractivity contribution in [3.05, 3.63) is 29.8 Å². The number of nitrogens with two attached hydrogens (primary N) is 1. The summed E-state index contributed by atoms with van der Waals surface area (Å²) in [5.74, 6) is -0.676. The average molecular weight is 234 g/mol. The lowest BCUT2D eigenvalue weighted by atomic mass is 10.1. The van der Waals surface area contributed by atoms with Gasteiger partial charge >= 0.3 is 0 Å². The molecule has 2 N–H and O–H groups in total. The van der Waals surface area contributed by atoms with Gasteiger partial charge in [-0.05, 0) is 24.6 Å². The van der Waals surface area contributed by atoms with E-state index in [1.807, 2.05) is 19.1 Å². The van der Waals surface area contributed by atoms with E-state index in [1.54, 1.807) is 12.1 Å². The fraction of sp³-hybridized carbons (Fsp3) is 0.333. The molecule has 1 aliphatic rings. The van der Waals surface area contributed by atoms with E-state index in [0.717, 1.165) is 10.5 Å². The Bertz CT molecular complexity index is 424. The lowest BCUT2D eigenvalue weighted by Crippen LogP contribution is -2.46.